The Morgan fingerprint density at radius 3 is 2.24 bits per heavy atom. The molecule has 38 heavy (non-hydrogen) atoms. The van der Waals surface area contributed by atoms with Crippen LogP contribution in [0.4, 0.5) is 0 Å². The zero-order chi connectivity index (χ0) is 28.0. The Morgan fingerprint density at radius 1 is 0.921 bits per heavy atom. The summed E-state index contributed by atoms with van der Waals surface area (Å²) in [4.78, 5) is 14.0. The van der Waals surface area contributed by atoms with Crippen molar-refractivity contribution in [2.24, 2.45) is 17.8 Å². The molecule has 3 atom stereocenters. The molecule has 204 valence electrons. The number of phenolic OH excluding ortho intramolecular Hbond substituents is 1. The first-order chi connectivity index (χ1) is 17.7. The van der Waals surface area contributed by atoms with E-state index in [-0.39, 0.29) is 28.7 Å². The highest BCUT2D eigenvalue weighted by Crippen LogP contribution is 2.46. The highest BCUT2D eigenvalue weighted by atomic mass is 16.5. The Kier molecular flexibility index (Phi) is 7.72. The van der Waals surface area contributed by atoms with Gasteiger partial charge < -0.3 is 9.84 Å². The van der Waals surface area contributed by atoms with Crippen LogP contribution < -0.4 is 0 Å². The van der Waals surface area contributed by atoms with Gasteiger partial charge in [0.05, 0.1) is 5.56 Å². The molecule has 1 aliphatic carbocycles. The van der Waals surface area contributed by atoms with Gasteiger partial charge in [0, 0.05) is 11.1 Å². The van der Waals surface area contributed by atoms with Crippen molar-refractivity contribution in [2.75, 3.05) is 0 Å². The van der Waals surface area contributed by atoms with Crippen molar-refractivity contribution in [1.82, 2.24) is 0 Å². The average Bonchev–Trinajstić information content (AvgIpc) is 2.81. The van der Waals surface area contributed by atoms with Crippen molar-refractivity contribution in [1.29, 1.82) is 0 Å². The molecule has 0 bridgehead atoms. The van der Waals surface area contributed by atoms with E-state index in [0.717, 1.165) is 45.9 Å². The molecule has 0 amide bonds. The Morgan fingerprint density at radius 2 is 1.61 bits per heavy atom. The van der Waals surface area contributed by atoms with Crippen LogP contribution in [0.2, 0.25) is 0 Å². The number of carbonyl (C=O) groups excluding carboxylic acids is 1. The fourth-order valence-corrected chi connectivity index (χ4v) is 6.08. The van der Waals surface area contributed by atoms with E-state index in [4.69, 9.17) is 4.74 Å². The second kappa shape index (κ2) is 10.4. The number of aromatic hydroxyl groups is 1. The van der Waals surface area contributed by atoms with E-state index in [2.05, 4.69) is 74.4 Å². The van der Waals surface area contributed by atoms with Crippen LogP contribution in [0.3, 0.4) is 0 Å². The quantitative estimate of drug-likeness (QED) is 0.353. The van der Waals surface area contributed by atoms with Gasteiger partial charge in [0.15, 0.2) is 0 Å². The number of carbonyl (C=O) groups is 1. The molecule has 0 heterocycles. The number of hydrogen-bond acceptors (Lipinski definition) is 3. The molecule has 3 aromatic rings. The van der Waals surface area contributed by atoms with E-state index in [1.54, 1.807) is 0 Å². The first-order valence-electron chi connectivity index (χ1n) is 14.3. The van der Waals surface area contributed by atoms with Crippen LogP contribution in [0, 0.1) is 17.8 Å². The lowest BCUT2D eigenvalue weighted by Gasteiger charge is -2.37. The topological polar surface area (TPSA) is 46.5 Å². The molecule has 3 aromatic carbocycles. The molecule has 0 aromatic heterocycles. The molecule has 0 unspecified atom stereocenters. The van der Waals surface area contributed by atoms with Crippen LogP contribution in [-0.2, 0) is 15.6 Å². The maximum absolute atomic E-state index is 14.0. The highest BCUT2D eigenvalue weighted by molar-refractivity contribution is 6.09. The van der Waals surface area contributed by atoms with Gasteiger partial charge in [-0.2, -0.15) is 0 Å². The first-order valence-corrected chi connectivity index (χ1v) is 14.3. The normalized spacial score (nSPS) is 20.6. The van der Waals surface area contributed by atoms with Crippen LogP contribution >= 0.6 is 0 Å². The molecule has 1 saturated carbocycles. The zero-order valence-electron chi connectivity index (χ0n) is 24.8. The minimum atomic E-state index is -0.297. The number of phenols is 1. The first kappa shape index (κ1) is 28.2. The van der Waals surface area contributed by atoms with E-state index >= 15 is 0 Å². The van der Waals surface area contributed by atoms with Gasteiger partial charge in [-0.1, -0.05) is 105 Å². The molecule has 0 saturated heterocycles. The number of rotatable bonds is 4. The third-order valence-electron chi connectivity index (χ3n) is 8.41. The van der Waals surface area contributed by atoms with Gasteiger partial charge >= 0.3 is 5.97 Å². The average molecular weight is 515 g/mol. The van der Waals surface area contributed by atoms with Crippen molar-refractivity contribution in [3.05, 3.63) is 65.2 Å². The summed E-state index contributed by atoms with van der Waals surface area (Å²) in [6, 6.07) is 16.1. The van der Waals surface area contributed by atoms with Crippen molar-refractivity contribution >= 4 is 16.7 Å². The smallest absolute Gasteiger partial charge is 0.339 e. The van der Waals surface area contributed by atoms with Crippen molar-refractivity contribution < 1.29 is 14.6 Å². The molecule has 1 N–H and O–H groups in total. The zero-order valence-corrected chi connectivity index (χ0v) is 24.8. The lowest BCUT2D eigenvalue weighted by molar-refractivity contribution is -0.0173. The van der Waals surface area contributed by atoms with E-state index < -0.39 is 0 Å². The van der Waals surface area contributed by atoms with Gasteiger partial charge in [-0.3, -0.25) is 0 Å². The summed E-state index contributed by atoms with van der Waals surface area (Å²) >= 11 is 0. The van der Waals surface area contributed by atoms with E-state index in [0.29, 0.717) is 23.3 Å². The molecule has 0 radical (unpaired) electrons. The summed E-state index contributed by atoms with van der Waals surface area (Å²) in [5, 5.41) is 13.6. The third kappa shape index (κ3) is 5.63. The second-order valence-corrected chi connectivity index (χ2v) is 13.9. The standard InChI is InChI=1S/C35H46O3/c1-21(2)25-16-14-22(3)18-30(25)38-33(37)27-17-15-23-12-10-11-13-26(23)31(27)32-28(35(7,8)9)19-24(20-29(32)36)34(4,5)6/h10-13,15,17,19-22,25,30,36H,14,16,18H2,1-9H3/t22-,25+,30-/m0/s1. The van der Waals surface area contributed by atoms with Gasteiger partial charge in [0.2, 0.25) is 0 Å². The predicted octanol–water partition coefficient (Wildman–Crippen LogP) is 9.43. The summed E-state index contributed by atoms with van der Waals surface area (Å²) in [5.74, 6) is 1.27. The Bertz CT molecular complexity index is 1320. The van der Waals surface area contributed by atoms with Gasteiger partial charge in [-0.25, -0.2) is 4.79 Å². The fraction of sp³-hybridized carbons (Fsp3) is 0.514. The van der Waals surface area contributed by atoms with Crippen LogP contribution in [0.1, 0.15) is 103 Å². The summed E-state index contributed by atoms with van der Waals surface area (Å²) in [6.07, 6.45) is 3.08. The fourth-order valence-electron chi connectivity index (χ4n) is 6.08. The van der Waals surface area contributed by atoms with E-state index in [1.165, 1.54) is 6.42 Å². The number of fused-ring (bicyclic) bond motifs is 1. The molecule has 0 spiro atoms. The lowest BCUT2D eigenvalue weighted by Crippen LogP contribution is -2.36. The Labute approximate surface area is 229 Å². The molecule has 1 fully saturated rings. The summed E-state index contributed by atoms with van der Waals surface area (Å²) in [6.45, 7) is 19.7. The molecule has 0 aliphatic heterocycles. The number of hydrogen-bond donors (Lipinski definition) is 1. The molecular weight excluding hydrogens is 468 g/mol. The molecular formula is C35H46O3. The van der Waals surface area contributed by atoms with Crippen molar-refractivity contribution in [3.63, 3.8) is 0 Å². The molecule has 3 nitrogen and oxygen atoms in total. The third-order valence-corrected chi connectivity index (χ3v) is 8.41. The van der Waals surface area contributed by atoms with Crippen LogP contribution in [0.25, 0.3) is 21.9 Å². The summed E-state index contributed by atoms with van der Waals surface area (Å²) in [5.41, 5.74) is 3.73. The van der Waals surface area contributed by atoms with Gasteiger partial charge in [-0.15, -0.1) is 0 Å². The monoisotopic (exact) mass is 514 g/mol. The Hall–Kier alpha value is -2.81. The number of esters is 1. The van der Waals surface area contributed by atoms with Crippen molar-refractivity contribution in [3.8, 4) is 16.9 Å². The van der Waals surface area contributed by atoms with E-state index in [9.17, 15) is 9.90 Å². The Balaban J connectivity index is 1.94. The van der Waals surface area contributed by atoms with Gasteiger partial charge in [0.25, 0.3) is 0 Å². The molecule has 3 heteroatoms. The SMILES string of the molecule is CC(C)[C@H]1CC[C@H](C)C[C@@H]1OC(=O)c1ccc2ccccc2c1-c1c(O)cc(C(C)(C)C)cc1C(C)(C)C. The van der Waals surface area contributed by atoms with Crippen LogP contribution in [0.15, 0.2) is 48.5 Å². The largest absolute Gasteiger partial charge is 0.507 e. The van der Waals surface area contributed by atoms with Gasteiger partial charge in [0.1, 0.15) is 11.9 Å². The van der Waals surface area contributed by atoms with E-state index in [1.807, 2.05) is 36.4 Å². The minimum Gasteiger partial charge on any atom is -0.507 e. The number of benzene rings is 3. The van der Waals surface area contributed by atoms with Crippen LogP contribution in [0.5, 0.6) is 5.75 Å². The summed E-state index contributed by atoms with van der Waals surface area (Å²) < 4.78 is 6.36. The molecule has 1 aliphatic rings. The maximum atomic E-state index is 14.0. The highest BCUT2D eigenvalue weighted by Gasteiger charge is 2.35. The maximum Gasteiger partial charge on any atom is 0.339 e. The lowest BCUT2D eigenvalue weighted by atomic mass is 9.75. The second-order valence-electron chi connectivity index (χ2n) is 13.9. The summed E-state index contributed by atoms with van der Waals surface area (Å²) in [7, 11) is 0. The predicted molar refractivity (Wildman–Crippen MR) is 159 cm³/mol. The molecule has 4 rings (SSSR count). The van der Waals surface area contributed by atoms with Gasteiger partial charge in [-0.05, 0) is 75.5 Å². The number of ether oxygens (including phenoxy) is 1. The minimum absolute atomic E-state index is 0.0930. The van der Waals surface area contributed by atoms with Crippen molar-refractivity contribution in [2.45, 2.75) is 98.5 Å². The van der Waals surface area contributed by atoms with Crippen LogP contribution in [-0.4, -0.2) is 17.2 Å².